The molecule has 0 saturated carbocycles. The minimum absolute atomic E-state index is 0.0673. The second-order valence-electron chi connectivity index (χ2n) is 3.34. The van der Waals surface area contributed by atoms with E-state index in [4.69, 9.17) is 11.6 Å². The molecule has 1 saturated heterocycles. The number of halogens is 1. The summed E-state index contributed by atoms with van der Waals surface area (Å²) in [7, 11) is -6.36. The molecule has 0 spiro atoms. The third-order valence-corrected chi connectivity index (χ3v) is 5.65. The van der Waals surface area contributed by atoms with E-state index >= 15 is 0 Å². The van der Waals surface area contributed by atoms with E-state index in [1.54, 1.807) is 0 Å². The smallest absolute Gasteiger partial charge is 0.225 e. The summed E-state index contributed by atoms with van der Waals surface area (Å²) < 4.78 is 46.2. The third kappa shape index (κ3) is 3.72. The topological polar surface area (TPSA) is 80.3 Å². The summed E-state index contributed by atoms with van der Waals surface area (Å²) >= 11 is 5.17. The summed E-state index contributed by atoms with van der Waals surface area (Å²) in [4.78, 5) is 0. The normalized spacial score (nSPS) is 26.5. The Morgan fingerprint density at radius 3 is 2.50 bits per heavy atom. The monoisotopic (exact) mass is 261 g/mol. The molecule has 5 nitrogen and oxygen atoms in total. The maximum atomic E-state index is 11.0. The molecule has 0 radical (unpaired) electrons. The van der Waals surface area contributed by atoms with E-state index in [9.17, 15) is 16.8 Å². The molecular weight excluding hydrogens is 250 g/mol. The van der Waals surface area contributed by atoms with Crippen LogP contribution in [0.4, 0.5) is 0 Å². The number of alkyl halides is 1. The van der Waals surface area contributed by atoms with Crippen LogP contribution in [0.1, 0.15) is 6.42 Å². The summed E-state index contributed by atoms with van der Waals surface area (Å²) in [5.41, 5.74) is 0. The van der Waals surface area contributed by atoms with Crippen molar-refractivity contribution < 1.29 is 16.8 Å². The summed E-state index contributed by atoms with van der Waals surface area (Å²) in [6, 6.07) is 0. The highest BCUT2D eigenvalue weighted by Crippen LogP contribution is 2.17. The molecule has 0 bridgehead atoms. The highest BCUT2D eigenvalue weighted by molar-refractivity contribution is 7.91. The van der Waals surface area contributed by atoms with Gasteiger partial charge in [-0.1, -0.05) is 0 Å². The predicted octanol–water partition coefficient (Wildman–Crippen LogP) is -0.463. The first-order valence-corrected chi connectivity index (χ1v) is 8.09. The minimum atomic E-state index is -3.42. The number of sulfonamides is 1. The van der Waals surface area contributed by atoms with Crippen molar-refractivity contribution in [3.63, 3.8) is 0 Å². The van der Waals surface area contributed by atoms with E-state index in [-0.39, 0.29) is 24.0 Å². The van der Waals surface area contributed by atoms with Gasteiger partial charge in [0.1, 0.15) is 5.21 Å². The predicted molar refractivity (Wildman–Crippen MR) is 54.4 cm³/mol. The van der Waals surface area contributed by atoms with Crippen LogP contribution >= 0.6 is 11.6 Å². The Kier molecular flexibility index (Phi) is 3.79. The Balaban J connectivity index is 2.42. The molecule has 0 aliphatic carbocycles. The van der Waals surface area contributed by atoms with Crippen molar-refractivity contribution in [1.29, 1.82) is 0 Å². The fourth-order valence-electron chi connectivity index (χ4n) is 1.32. The van der Waals surface area contributed by atoms with Crippen molar-refractivity contribution in [1.82, 2.24) is 4.72 Å². The van der Waals surface area contributed by atoms with E-state index < -0.39 is 25.1 Å². The molecule has 0 amide bonds. The fraction of sp³-hybridized carbons (Fsp3) is 1.00. The van der Waals surface area contributed by atoms with Crippen LogP contribution in [-0.2, 0) is 19.9 Å². The molecular formula is C6H12ClNO4S2. The van der Waals surface area contributed by atoms with Crippen LogP contribution in [-0.4, -0.2) is 40.1 Å². The van der Waals surface area contributed by atoms with Crippen molar-refractivity contribution in [3.05, 3.63) is 0 Å². The molecule has 1 heterocycles. The lowest BCUT2D eigenvalue weighted by molar-refractivity contribution is 0.546. The maximum absolute atomic E-state index is 11.0. The molecule has 0 aromatic heterocycles. The molecule has 1 aliphatic heterocycles. The van der Waals surface area contributed by atoms with E-state index in [1.165, 1.54) is 0 Å². The molecule has 8 heteroatoms. The molecule has 1 aliphatic rings. The second-order valence-corrected chi connectivity index (χ2v) is 7.96. The third-order valence-electron chi connectivity index (χ3n) is 2.06. The van der Waals surface area contributed by atoms with E-state index in [0.29, 0.717) is 6.42 Å². The lowest BCUT2D eigenvalue weighted by Crippen LogP contribution is -2.30. The number of hydrogen-bond donors (Lipinski definition) is 1. The summed E-state index contributed by atoms with van der Waals surface area (Å²) in [5.74, 6) is 0.107. The first-order valence-electron chi connectivity index (χ1n) is 4.08. The summed E-state index contributed by atoms with van der Waals surface area (Å²) in [5, 5.41) is -0.494. The molecule has 1 unspecified atom stereocenters. The van der Waals surface area contributed by atoms with Crippen LogP contribution in [0.3, 0.4) is 0 Å². The van der Waals surface area contributed by atoms with Crippen molar-refractivity contribution in [2.24, 2.45) is 5.92 Å². The van der Waals surface area contributed by atoms with Gasteiger partial charge in [0.2, 0.25) is 10.0 Å². The van der Waals surface area contributed by atoms with Gasteiger partial charge in [-0.15, -0.1) is 11.6 Å². The first-order chi connectivity index (χ1) is 6.35. The number of hydrogen-bond acceptors (Lipinski definition) is 4. The van der Waals surface area contributed by atoms with Crippen LogP contribution in [0.5, 0.6) is 0 Å². The number of sulfone groups is 1. The van der Waals surface area contributed by atoms with E-state index in [1.807, 2.05) is 0 Å². The zero-order valence-corrected chi connectivity index (χ0v) is 9.83. The lowest BCUT2D eigenvalue weighted by Gasteiger charge is -2.07. The van der Waals surface area contributed by atoms with Gasteiger partial charge in [-0.05, 0) is 12.3 Å². The molecule has 0 aromatic carbocycles. The van der Waals surface area contributed by atoms with Crippen molar-refractivity contribution in [2.75, 3.05) is 23.3 Å². The van der Waals surface area contributed by atoms with Gasteiger partial charge in [0.25, 0.3) is 0 Å². The Hall–Kier alpha value is 0.150. The van der Waals surface area contributed by atoms with Crippen LogP contribution in [0.2, 0.25) is 0 Å². The minimum Gasteiger partial charge on any atom is -0.229 e. The quantitative estimate of drug-likeness (QED) is 0.695. The molecule has 14 heavy (non-hydrogen) atoms. The van der Waals surface area contributed by atoms with Crippen LogP contribution in [0.25, 0.3) is 0 Å². The van der Waals surface area contributed by atoms with Gasteiger partial charge in [0.15, 0.2) is 9.84 Å². The van der Waals surface area contributed by atoms with Crippen LogP contribution in [0, 0.1) is 5.92 Å². The lowest BCUT2D eigenvalue weighted by atomic mass is 10.1. The fourth-order valence-corrected chi connectivity index (χ4v) is 3.98. The SMILES string of the molecule is O=S1(=O)CCC(CNS(=O)(=O)CCl)C1. The van der Waals surface area contributed by atoms with Gasteiger partial charge in [0, 0.05) is 6.54 Å². The number of rotatable bonds is 4. The zero-order valence-electron chi connectivity index (χ0n) is 7.44. The first kappa shape index (κ1) is 12.2. The van der Waals surface area contributed by atoms with Gasteiger partial charge in [-0.2, -0.15) is 0 Å². The Labute approximate surface area is 88.8 Å². The summed E-state index contributed by atoms with van der Waals surface area (Å²) in [6.07, 6.45) is 0.521. The molecule has 1 atom stereocenters. The average Bonchev–Trinajstić information content (AvgIpc) is 2.43. The second kappa shape index (κ2) is 4.34. The summed E-state index contributed by atoms with van der Waals surface area (Å²) in [6.45, 7) is 0.161. The Morgan fingerprint density at radius 2 is 2.07 bits per heavy atom. The van der Waals surface area contributed by atoms with E-state index in [2.05, 4.69) is 4.72 Å². The van der Waals surface area contributed by atoms with Crippen molar-refractivity contribution in [2.45, 2.75) is 6.42 Å². The number of nitrogens with one attached hydrogen (secondary N) is 1. The largest absolute Gasteiger partial charge is 0.229 e. The van der Waals surface area contributed by atoms with Crippen LogP contribution < -0.4 is 4.72 Å². The molecule has 84 valence electrons. The highest BCUT2D eigenvalue weighted by atomic mass is 35.5. The maximum Gasteiger partial charge on any atom is 0.225 e. The average molecular weight is 262 g/mol. The van der Waals surface area contributed by atoms with Gasteiger partial charge >= 0.3 is 0 Å². The standard InChI is InChI=1S/C6H12ClNO4S2/c7-5-14(11,12)8-3-6-1-2-13(9,10)4-6/h6,8H,1-5H2. The van der Waals surface area contributed by atoms with Crippen LogP contribution in [0.15, 0.2) is 0 Å². The molecule has 0 aromatic rings. The Bertz CT molecular complexity index is 388. The van der Waals surface area contributed by atoms with E-state index in [0.717, 1.165) is 0 Å². The Morgan fingerprint density at radius 1 is 1.43 bits per heavy atom. The molecule has 1 rings (SSSR count). The molecule has 1 fully saturated rings. The highest BCUT2D eigenvalue weighted by Gasteiger charge is 2.28. The molecule has 1 N–H and O–H groups in total. The van der Waals surface area contributed by atoms with Gasteiger partial charge in [-0.25, -0.2) is 21.6 Å². The van der Waals surface area contributed by atoms with Crippen molar-refractivity contribution >= 4 is 31.5 Å². The van der Waals surface area contributed by atoms with Gasteiger partial charge in [0.05, 0.1) is 11.5 Å². The zero-order chi connectivity index (χ0) is 10.8. The van der Waals surface area contributed by atoms with Gasteiger partial charge < -0.3 is 0 Å². The van der Waals surface area contributed by atoms with Gasteiger partial charge in [-0.3, -0.25) is 0 Å². The van der Waals surface area contributed by atoms with Crippen molar-refractivity contribution in [3.8, 4) is 0 Å².